The van der Waals surface area contributed by atoms with Gasteiger partial charge in [-0.1, -0.05) is 12.1 Å². The summed E-state index contributed by atoms with van der Waals surface area (Å²) in [5, 5.41) is 3.65. The Hall–Kier alpha value is -1.06. The van der Waals surface area contributed by atoms with Crippen molar-refractivity contribution in [2.45, 2.75) is 25.8 Å². The molecule has 0 bridgehead atoms. The van der Waals surface area contributed by atoms with Crippen molar-refractivity contribution in [2.24, 2.45) is 5.92 Å². The van der Waals surface area contributed by atoms with Gasteiger partial charge >= 0.3 is 0 Å². The molecule has 1 N–H and O–H groups in total. The first-order valence-electron chi connectivity index (χ1n) is 7.25. The molecule has 0 saturated carbocycles. The maximum Gasteiger partial charge on any atom is 0.0469 e. The molecule has 1 atom stereocenters. The summed E-state index contributed by atoms with van der Waals surface area (Å²) in [7, 11) is 4.14. The third kappa shape index (κ3) is 4.22. The predicted octanol–water partition coefficient (Wildman–Crippen LogP) is 2.83. The molecule has 3 heteroatoms. The molecule has 19 heavy (non-hydrogen) atoms. The Balaban J connectivity index is 1.83. The van der Waals surface area contributed by atoms with Crippen LogP contribution in [-0.4, -0.2) is 33.9 Å². The second-order valence-corrected chi connectivity index (χ2v) is 5.67. The highest BCUT2D eigenvalue weighted by atomic mass is 16.5. The van der Waals surface area contributed by atoms with Gasteiger partial charge in [0.25, 0.3) is 0 Å². The van der Waals surface area contributed by atoms with E-state index < -0.39 is 0 Å². The fourth-order valence-corrected chi connectivity index (χ4v) is 2.47. The lowest BCUT2D eigenvalue weighted by molar-refractivity contribution is 0.0656. The van der Waals surface area contributed by atoms with Crippen molar-refractivity contribution >= 4 is 5.69 Å². The van der Waals surface area contributed by atoms with E-state index in [-0.39, 0.29) is 0 Å². The fraction of sp³-hybridized carbons (Fsp3) is 0.625. The molecule has 0 aliphatic carbocycles. The average Bonchev–Trinajstić information content (AvgIpc) is 2.46. The van der Waals surface area contributed by atoms with Crippen LogP contribution >= 0.6 is 0 Å². The number of hydrogen-bond donors (Lipinski definition) is 1. The van der Waals surface area contributed by atoms with Crippen LogP contribution in [-0.2, 0) is 4.74 Å². The smallest absolute Gasteiger partial charge is 0.0469 e. The summed E-state index contributed by atoms with van der Waals surface area (Å²) in [6.07, 6.45) is 2.39. The first-order chi connectivity index (χ1) is 9.16. The Morgan fingerprint density at radius 3 is 2.42 bits per heavy atom. The van der Waals surface area contributed by atoms with E-state index >= 15 is 0 Å². The standard InChI is InChI=1S/C16H26N2O/c1-13(17-12-14-8-10-19-11-9-14)15-4-6-16(7-5-15)18(2)3/h4-7,13-14,17H,8-12H2,1-3H3. The van der Waals surface area contributed by atoms with Gasteiger partial charge in [-0.2, -0.15) is 0 Å². The molecule has 1 aliphatic rings. The zero-order valence-corrected chi connectivity index (χ0v) is 12.4. The lowest BCUT2D eigenvalue weighted by Gasteiger charge is -2.24. The minimum atomic E-state index is 0.416. The normalized spacial score (nSPS) is 18.3. The molecule has 106 valence electrons. The average molecular weight is 262 g/mol. The SMILES string of the molecule is CC(NCC1CCOCC1)c1ccc(N(C)C)cc1. The predicted molar refractivity (Wildman–Crippen MR) is 80.7 cm³/mol. The Morgan fingerprint density at radius 2 is 1.84 bits per heavy atom. The zero-order valence-electron chi connectivity index (χ0n) is 12.4. The molecule has 1 heterocycles. The minimum Gasteiger partial charge on any atom is -0.381 e. The molecule has 1 fully saturated rings. The number of rotatable bonds is 5. The van der Waals surface area contributed by atoms with Gasteiger partial charge in [0.2, 0.25) is 0 Å². The highest BCUT2D eigenvalue weighted by Crippen LogP contribution is 2.19. The van der Waals surface area contributed by atoms with Gasteiger partial charge in [0.1, 0.15) is 0 Å². The van der Waals surface area contributed by atoms with Crippen LogP contribution in [0.15, 0.2) is 24.3 Å². The van der Waals surface area contributed by atoms with Crippen LogP contribution in [0.4, 0.5) is 5.69 Å². The molecule has 1 unspecified atom stereocenters. The van der Waals surface area contributed by atoms with E-state index in [4.69, 9.17) is 4.74 Å². The van der Waals surface area contributed by atoms with Crippen LogP contribution < -0.4 is 10.2 Å². The van der Waals surface area contributed by atoms with Crippen molar-refractivity contribution in [2.75, 3.05) is 38.8 Å². The van der Waals surface area contributed by atoms with Gasteiger partial charge in [-0.3, -0.25) is 0 Å². The molecule has 0 radical (unpaired) electrons. The third-order valence-corrected chi connectivity index (χ3v) is 3.96. The van der Waals surface area contributed by atoms with Crippen molar-refractivity contribution in [3.63, 3.8) is 0 Å². The third-order valence-electron chi connectivity index (χ3n) is 3.96. The summed E-state index contributed by atoms with van der Waals surface area (Å²) in [6.45, 7) is 5.19. The maximum absolute atomic E-state index is 5.39. The van der Waals surface area contributed by atoms with Gasteiger partial charge < -0.3 is 15.0 Å². The quantitative estimate of drug-likeness (QED) is 0.883. The lowest BCUT2D eigenvalue weighted by atomic mass is 9.99. The Kier molecular flexibility index (Phi) is 5.23. The van der Waals surface area contributed by atoms with Crippen molar-refractivity contribution in [3.8, 4) is 0 Å². The Morgan fingerprint density at radius 1 is 1.21 bits per heavy atom. The van der Waals surface area contributed by atoms with Crippen molar-refractivity contribution < 1.29 is 4.74 Å². The molecule has 1 aromatic rings. The molecular weight excluding hydrogens is 236 g/mol. The van der Waals surface area contributed by atoms with Gasteiger partial charge in [0, 0.05) is 39.0 Å². The van der Waals surface area contributed by atoms with E-state index in [0.29, 0.717) is 6.04 Å². The number of benzene rings is 1. The summed E-state index contributed by atoms with van der Waals surface area (Å²) in [4.78, 5) is 2.13. The van der Waals surface area contributed by atoms with E-state index in [1.807, 2.05) is 0 Å². The van der Waals surface area contributed by atoms with Crippen molar-refractivity contribution in [1.82, 2.24) is 5.32 Å². The number of ether oxygens (including phenoxy) is 1. The minimum absolute atomic E-state index is 0.416. The summed E-state index contributed by atoms with van der Waals surface area (Å²) >= 11 is 0. The molecular formula is C16H26N2O. The van der Waals surface area contributed by atoms with Crippen LogP contribution in [0.5, 0.6) is 0 Å². The maximum atomic E-state index is 5.39. The zero-order chi connectivity index (χ0) is 13.7. The van der Waals surface area contributed by atoms with Crippen LogP contribution in [0.3, 0.4) is 0 Å². The van der Waals surface area contributed by atoms with Crippen LogP contribution in [0.2, 0.25) is 0 Å². The van der Waals surface area contributed by atoms with E-state index in [0.717, 1.165) is 25.7 Å². The number of anilines is 1. The second-order valence-electron chi connectivity index (χ2n) is 5.67. The fourth-order valence-electron chi connectivity index (χ4n) is 2.47. The summed E-state index contributed by atoms with van der Waals surface area (Å²) in [5.41, 5.74) is 2.61. The molecule has 1 aromatic carbocycles. The molecule has 0 spiro atoms. The van der Waals surface area contributed by atoms with E-state index in [1.54, 1.807) is 0 Å². The number of hydrogen-bond acceptors (Lipinski definition) is 3. The van der Waals surface area contributed by atoms with Crippen LogP contribution in [0.1, 0.15) is 31.4 Å². The summed E-state index contributed by atoms with van der Waals surface area (Å²) in [5.74, 6) is 0.775. The highest BCUT2D eigenvalue weighted by molar-refractivity contribution is 5.46. The monoisotopic (exact) mass is 262 g/mol. The lowest BCUT2D eigenvalue weighted by Crippen LogP contribution is -2.29. The van der Waals surface area contributed by atoms with Crippen molar-refractivity contribution in [1.29, 1.82) is 0 Å². The van der Waals surface area contributed by atoms with Gasteiger partial charge in [0.15, 0.2) is 0 Å². The van der Waals surface area contributed by atoms with Crippen LogP contribution in [0, 0.1) is 5.92 Å². The number of nitrogens with zero attached hydrogens (tertiary/aromatic N) is 1. The van der Waals surface area contributed by atoms with Gasteiger partial charge in [0.05, 0.1) is 0 Å². The van der Waals surface area contributed by atoms with Crippen LogP contribution in [0.25, 0.3) is 0 Å². The Labute approximate surface area is 116 Å². The first-order valence-corrected chi connectivity index (χ1v) is 7.25. The Bertz CT molecular complexity index is 369. The first kappa shape index (κ1) is 14.4. The molecule has 0 aromatic heterocycles. The number of nitrogens with one attached hydrogen (secondary N) is 1. The van der Waals surface area contributed by atoms with Gasteiger partial charge in [-0.25, -0.2) is 0 Å². The van der Waals surface area contributed by atoms with Gasteiger partial charge in [-0.05, 0) is 49.9 Å². The highest BCUT2D eigenvalue weighted by Gasteiger charge is 2.14. The van der Waals surface area contributed by atoms with Crippen molar-refractivity contribution in [3.05, 3.63) is 29.8 Å². The van der Waals surface area contributed by atoms with E-state index in [9.17, 15) is 0 Å². The van der Waals surface area contributed by atoms with Gasteiger partial charge in [-0.15, -0.1) is 0 Å². The van der Waals surface area contributed by atoms with E-state index in [2.05, 4.69) is 55.5 Å². The second kappa shape index (κ2) is 6.92. The molecule has 0 amide bonds. The topological polar surface area (TPSA) is 24.5 Å². The molecule has 1 aliphatic heterocycles. The molecule has 1 saturated heterocycles. The molecule has 3 nitrogen and oxygen atoms in total. The van der Waals surface area contributed by atoms with E-state index in [1.165, 1.54) is 24.1 Å². The summed E-state index contributed by atoms with van der Waals surface area (Å²) < 4.78 is 5.39. The molecule has 2 rings (SSSR count). The largest absolute Gasteiger partial charge is 0.381 e. The summed E-state index contributed by atoms with van der Waals surface area (Å²) in [6, 6.07) is 9.22.